The van der Waals surface area contributed by atoms with E-state index in [0.29, 0.717) is 5.69 Å². The van der Waals surface area contributed by atoms with Crippen LogP contribution >= 0.6 is 15.9 Å². The first-order chi connectivity index (χ1) is 12.3. The van der Waals surface area contributed by atoms with E-state index < -0.39 is 10.1 Å². The second-order valence-corrected chi connectivity index (χ2v) is 7.72. The largest absolute Gasteiger partial charge is 0.506 e. The fourth-order valence-corrected chi connectivity index (χ4v) is 2.97. The van der Waals surface area contributed by atoms with Crippen LogP contribution in [0.2, 0.25) is 0 Å². The summed E-state index contributed by atoms with van der Waals surface area (Å²) in [7, 11) is -4.25. The molecule has 0 heterocycles. The molecule has 0 atom stereocenters. The van der Waals surface area contributed by atoms with Gasteiger partial charge in [-0.1, -0.05) is 34.1 Å². The number of phenols is 1. The van der Waals surface area contributed by atoms with E-state index in [1.54, 1.807) is 12.1 Å². The van der Waals surface area contributed by atoms with Crippen molar-refractivity contribution < 1.29 is 18.1 Å². The molecule has 0 amide bonds. The van der Waals surface area contributed by atoms with E-state index in [-0.39, 0.29) is 16.3 Å². The highest BCUT2D eigenvalue weighted by atomic mass is 79.9. The van der Waals surface area contributed by atoms with Crippen LogP contribution in [-0.2, 0) is 10.1 Å². The number of halogens is 1. The monoisotopic (exact) mass is 432 g/mol. The maximum absolute atomic E-state index is 11.0. The number of azo groups is 1. The molecule has 0 spiro atoms. The second-order valence-electron chi connectivity index (χ2n) is 5.38. The number of aromatic hydroxyl groups is 1. The first kappa shape index (κ1) is 18.2. The normalized spacial score (nSPS) is 11.8. The summed E-state index contributed by atoms with van der Waals surface area (Å²) < 4.78 is 32.0. The molecule has 3 aromatic rings. The van der Waals surface area contributed by atoms with Crippen molar-refractivity contribution in [1.29, 1.82) is 0 Å². The fourth-order valence-electron chi connectivity index (χ4n) is 2.22. The van der Waals surface area contributed by atoms with Crippen LogP contribution in [-0.4, -0.2) is 18.1 Å². The summed E-state index contributed by atoms with van der Waals surface area (Å²) in [4.78, 5) is -0.225. The Hall–Kier alpha value is -2.55. The minimum atomic E-state index is -4.25. The van der Waals surface area contributed by atoms with Gasteiger partial charge in [-0.25, -0.2) is 0 Å². The van der Waals surface area contributed by atoms with Gasteiger partial charge in [0.15, 0.2) is 0 Å². The molecule has 8 heteroatoms. The van der Waals surface area contributed by atoms with Crippen molar-refractivity contribution in [2.45, 2.75) is 4.90 Å². The average molecular weight is 433 g/mol. The molecule has 0 fully saturated rings. The van der Waals surface area contributed by atoms with E-state index in [9.17, 15) is 13.5 Å². The molecule has 0 aliphatic carbocycles. The summed E-state index contributed by atoms with van der Waals surface area (Å²) in [6, 6.07) is 18.0. The summed E-state index contributed by atoms with van der Waals surface area (Å²) in [5.74, 6) is -0.0239. The molecule has 132 valence electrons. The number of benzene rings is 3. The van der Waals surface area contributed by atoms with Crippen molar-refractivity contribution >= 4 is 37.4 Å². The van der Waals surface area contributed by atoms with E-state index in [4.69, 9.17) is 4.55 Å². The maximum atomic E-state index is 11.0. The topological polar surface area (TPSA) is 99.3 Å². The van der Waals surface area contributed by atoms with E-state index in [1.807, 2.05) is 24.3 Å². The molecule has 6 nitrogen and oxygen atoms in total. The minimum absolute atomic E-state index is 0.0239. The van der Waals surface area contributed by atoms with Crippen LogP contribution in [0.4, 0.5) is 11.4 Å². The molecule has 0 radical (unpaired) electrons. The molecule has 3 rings (SSSR count). The standard InChI is InChI=1S/C18H13BrN2O4S/c19-14-4-1-12(2-5-14)13-3-10-18(22)17(11-13)21-20-15-6-8-16(9-7-15)26(23,24)25/h1-11,22H,(H,23,24,25). The highest BCUT2D eigenvalue weighted by molar-refractivity contribution is 9.10. The van der Waals surface area contributed by atoms with Gasteiger partial charge >= 0.3 is 0 Å². The number of nitrogens with zero attached hydrogens (tertiary/aromatic N) is 2. The lowest BCUT2D eigenvalue weighted by molar-refractivity contribution is 0.476. The third-order valence-corrected chi connectivity index (χ3v) is 4.96. The number of hydrogen-bond donors (Lipinski definition) is 2. The van der Waals surface area contributed by atoms with Crippen molar-refractivity contribution in [2.75, 3.05) is 0 Å². The quantitative estimate of drug-likeness (QED) is 0.420. The van der Waals surface area contributed by atoms with Crippen LogP contribution in [0.25, 0.3) is 11.1 Å². The molecule has 0 aromatic heterocycles. The molecule has 0 aliphatic heterocycles. The molecule has 0 saturated carbocycles. The lowest BCUT2D eigenvalue weighted by Gasteiger charge is -2.05. The number of phenolic OH excluding ortho intramolecular Hbond substituents is 1. The van der Waals surface area contributed by atoms with Gasteiger partial charge < -0.3 is 5.11 Å². The van der Waals surface area contributed by atoms with Crippen molar-refractivity contribution in [3.05, 3.63) is 71.2 Å². The van der Waals surface area contributed by atoms with Crippen LogP contribution in [0.5, 0.6) is 5.75 Å². The Kier molecular flexibility index (Phi) is 5.17. The van der Waals surface area contributed by atoms with Gasteiger partial charge in [-0.05, 0) is 59.7 Å². The summed E-state index contributed by atoms with van der Waals surface area (Å²) in [6.45, 7) is 0. The predicted molar refractivity (Wildman–Crippen MR) is 102 cm³/mol. The predicted octanol–water partition coefficient (Wildman–Crippen LogP) is 5.48. The van der Waals surface area contributed by atoms with Crippen molar-refractivity contribution in [3.8, 4) is 16.9 Å². The van der Waals surface area contributed by atoms with E-state index in [1.165, 1.54) is 30.3 Å². The Bertz CT molecular complexity index is 1060. The summed E-state index contributed by atoms with van der Waals surface area (Å²) in [5.41, 5.74) is 2.49. The third kappa shape index (κ3) is 4.34. The van der Waals surface area contributed by atoms with E-state index >= 15 is 0 Å². The van der Waals surface area contributed by atoms with Gasteiger partial charge in [0, 0.05) is 4.47 Å². The smallest absolute Gasteiger partial charge is 0.294 e. The van der Waals surface area contributed by atoms with E-state index in [2.05, 4.69) is 26.2 Å². The SMILES string of the molecule is O=S(=O)(O)c1ccc(N=Nc2cc(-c3ccc(Br)cc3)ccc2O)cc1. The van der Waals surface area contributed by atoms with Crippen LogP contribution in [0.1, 0.15) is 0 Å². The number of hydrogen-bond acceptors (Lipinski definition) is 5. The molecule has 0 bridgehead atoms. The molecule has 3 aromatic carbocycles. The maximum Gasteiger partial charge on any atom is 0.294 e. The van der Waals surface area contributed by atoms with Crippen LogP contribution < -0.4 is 0 Å². The fraction of sp³-hybridized carbons (Fsp3) is 0. The van der Waals surface area contributed by atoms with Gasteiger partial charge in [-0.3, -0.25) is 4.55 Å². The lowest BCUT2D eigenvalue weighted by Crippen LogP contribution is -1.96. The molecule has 2 N–H and O–H groups in total. The van der Waals surface area contributed by atoms with Crippen molar-refractivity contribution in [1.82, 2.24) is 0 Å². The van der Waals surface area contributed by atoms with Gasteiger partial charge in [-0.2, -0.15) is 13.5 Å². The van der Waals surface area contributed by atoms with Crippen LogP contribution in [0.3, 0.4) is 0 Å². The summed E-state index contributed by atoms with van der Waals surface area (Å²) in [5, 5.41) is 18.0. The Morgan fingerprint density at radius 3 is 2.04 bits per heavy atom. The molecular weight excluding hydrogens is 420 g/mol. The van der Waals surface area contributed by atoms with Gasteiger partial charge in [-0.15, -0.1) is 5.11 Å². The zero-order valence-corrected chi connectivity index (χ0v) is 15.6. The highest BCUT2D eigenvalue weighted by Crippen LogP contribution is 2.33. The van der Waals surface area contributed by atoms with Gasteiger partial charge in [0.2, 0.25) is 0 Å². The Labute approximate surface area is 158 Å². The molecule has 0 aliphatic rings. The van der Waals surface area contributed by atoms with E-state index in [0.717, 1.165) is 15.6 Å². The van der Waals surface area contributed by atoms with Gasteiger partial charge in [0.1, 0.15) is 11.4 Å². The Balaban J connectivity index is 1.88. The van der Waals surface area contributed by atoms with Gasteiger partial charge in [0.25, 0.3) is 10.1 Å². The molecule has 0 saturated heterocycles. The molecule has 26 heavy (non-hydrogen) atoms. The average Bonchev–Trinajstić information content (AvgIpc) is 2.61. The summed E-state index contributed by atoms with van der Waals surface area (Å²) in [6.07, 6.45) is 0. The summed E-state index contributed by atoms with van der Waals surface area (Å²) >= 11 is 3.39. The first-order valence-corrected chi connectivity index (χ1v) is 9.64. The van der Waals surface area contributed by atoms with Gasteiger partial charge in [0.05, 0.1) is 10.6 Å². The zero-order valence-electron chi connectivity index (χ0n) is 13.2. The Morgan fingerprint density at radius 1 is 0.808 bits per heavy atom. The zero-order chi connectivity index (χ0) is 18.7. The minimum Gasteiger partial charge on any atom is -0.506 e. The molecule has 0 unspecified atom stereocenters. The Morgan fingerprint density at radius 2 is 1.42 bits per heavy atom. The van der Waals surface area contributed by atoms with Crippen molar-refractivity contribution in [3.63, 3.8) is 0 Å². The lowest BCUT2D eigenvalue weighted by atomic mass is 10.1. The highest BCUT2D eigenvalue weighted by Gasteiger charge is 2.08. The second kappa shape index (κ2) is 7.36. The third-order valence-electron chi connectivity index (χ3n) is 3.56. The first-order valence-electron chi connectivity index (χ1n) is 7.41. The molecular formula is C18H13BrN2O4S. The van der Waals surface area contributed by atoms with Crippen LogP contribution in [0.15, 0.2) is 86.3 Å². The van der Waals surface area contributed by atoms with Crippen molar-refractivity contribution in [2.24, 2.45) is 10.2 Å². The number of rotatable bonds is 4. The van der Waals surface area contributed by atoms with Crippen LogP contribution in [0, 0.1) is 0 Å².